The number of hydrogen-bond acceptors (Lipinski definition) is 6. The van der Waals surface area contributed by atoms with E-state index in [0.29, 0.717) is 37.6 Å². The van der Waals surface area contributed by atoms with Crippen LogP contribution in [0.15, 0.2) is 53.7 Å². The fourth-order valence-electron chi connectivity index (χ4n) is 3.99. The van der Waals surface area contributed by atoms with Crippen molar-refractivity contribution in [1.29, 1.82) is 0 Å². The zero-order valence-corrected chi connectivity index (χ0v) is 20.0. The van der Waals surface area contributed by atoms with Gasteiger partial charge in [0.05, 0.1) is 11.4 Å². The first-order valence-corrected chi connectivity index (χ1v) is 11.8. The maximum absolute atomic E-state index is 14.3. The van der Waals surface area contributed by atoms with Crippen molar-refractivity contribution in [2.75, 3.05) is 23.3 Å². The lowest BCUT2D eigenvalue weighted by atomic mass is 10.1. The maximum atomic E-state index is 14.3. The Morgan fingerprint density at radius 2 is 1.86 bits per heavy atom. The van der Waals surface area contributed by atoms with E-state index in [1.54, 1.807) is 6.07 Å². The zero-order chi connectivity index (χ0) is 26.6. The highest BCUT2D eigenvalue weighted by Gasteiger charge is 2.39. The predicted molar refractivity (Wildman–Crippen MR) is 131 cm³/mol. The van der Waals surface area contributed by atoms with E-state index in [4.69, 9.17) is 4.74 Å². The van der Waals surface area contributed by atoms with Crippen LogP contribution in [0.25, 0.3) is 5.69 Å². The smallest absolute Gasteiger partial charge is 0.471 e. The van der Waals surface area contributed by atoms with Crippen molar-refractivity contribution in [3.8, 4) is 11.4 Å². The van der Waals surface area contributed by atoms with Crippen LogP contribution < -0.4 is 20.5 Å². The number of piperidine rings is 1. The molecule has 12 heteroatoms. The molecule has 1 aliphatic heterocycles. The van der Waals surface area contributed by atoms with E-state index in [2.05, 4.69) is 21.8 Å². The summed E-state index contributed by atoms with van der Waals surface area (Å²) < 4.78 is 58.6. The molecule has 198 valence electrons. The van der Waals surface area contributed by atoms with Crippen LogP contribution in [0.2, 0.25) is 0 Å². The molecule has 1 amide bonds. The largest absolute Gasteiger partial charge is 0.490 e. The highest BCUT2D eigenvalue weighted by atomic mass is 19.4. The lowest BCUT2D eigenvalue weighted by Crippen LogP contribution is -2.39. The van der Waals surface area contributed by atoms with E-state index in [1.165, 1.54) is 23.6 Å². The third-order valence-corrected chi connectivity index (χ3v) is 5.89. The van der Waals surface area contributed by atoms with Gasteiger partial charge in [-0.2, -0.15) is 13.2 Å². The summed E-state index contributed by atoms with van der Waals surface area (Å²) in [6.07, 6.45) is 3.21. The molecule has 3 aromatic rings. The molecule has 37 heavy (non-hydrogen) atoms. The van der Waals surface area contributed by atoms with E-state index in [1.807, 2.05) is 12.4 Å². The van der Waals surface area contributed by atoms with Crippen molar-refractivity contribution in [3.05, 3.63) is 70.7 Å². The predicted octanol–water partition coefficient (Wildman–Crippen LogP) is 4.51. The fourth-order valence-corrected chi connectivity index (χ4v) is 3.99. The summed E-state index contributed by atoms with van der Waals surface area (Å²) in [7, 11) is 0. The lowest BCUT2D eigenvalue weighted by Gasteiger charge is -2.32. The zero-order valence-electron chi connectivity index (χ0n) is 20.0. The number of carbonyl (C=O) groups excluding carboxylic acids is 1. The topological polar surface area (TPSA) is 89.4 Å². The number of rotatable bonds is 7. The fraction of sp³-hybridized carbons (Fsp3) is 0.360. The minimum absolute atomic E-state index is 0. The van der Waals surface area contributed by atoms with Gasteiger partial charge in [-0.3, -0.25) is 14.2 Å². The molecular weight excluding hydrogens is 494 g/mol. The van der Waals surface area contributed by atoms with Crippen LogP contribution in [0, 0.1) is 5.82 Å². The average molecular weight is 522 g/mol. The van der Waals surface area contributed by atoms with Crippen molar-refractivity contribution in [2.45, 2.75) is 44.9 Å². The number of nitrogens with one attached hydrogen (secondary N) is 1. The van der Waals surface area contributed by atoms with Gasteiger partial charge in [0.25, 0.3) is 5.56 Å². The minimum atomic E-state index is -5.15. The highest BCUT2D eigenvalue weighted by Crippen LogP contribution is 2.24. The Balaban J connectivity index is 0.00000400. The van der Waals surface area contributed by atoms with Gasteiger partial charge >= 0.3 is 12.1 Å². The Morgan fingerprint density at radius 3 is 2.46 bits per heavy atom. The molecule has 8 nitrogen and oxygen atoms in total. The summed E-state index contributed by atoms with van der Waals surface area (Å²) in [5.74, 6) is -2.37. The molecule has 0 unspecified atom stereocenters. The van der Waals surface area contributed by atoms with Crippen LogP contribution in [-0.4, -0.2) is 45.8 Å². The number of carbonyl (C=O) groups is 1. The van der Waals surface area contributed by atoms with Crippen molar-refractivity contribution in [3.63, 3.8) is 0 Å². The number of pyridine rings is 1. The molecular formula is C25H27F4N5O3. The van der Waals surface area contributed by atoms with Gasteiger partial charge in [-0.1, -0.05) is 13.3 Å². The molecule has 1 N–H and O–H groups in total. The molecule has 2 aromatic heterocycles. The van der Waals surface area contributed by atoms with Gasteiger partial charge in [-0.25, -0.2) is 14.4 Å². The highest BCUT2D eigenvalue weighted by molar-refractivity contribution is 5.95. The van der Waals surface area contributed by atoms with Gasteiger partial charge in [0.1, 0.15) is 17.7 Å². The quantitative estimate of drug-likeness (QED) is 0.460. The van der Waals surface area contributed by atoms with Gasteiger partial charge in [-0.15, -0.1) is 0 Å². The second-order valence-corrected chi connectivity index (χ2v) is 8.63. The Labute approximate surface area is 211 Å². The van der Waals surface area contributed by atoms with E-state index < -0.39 is 29.1 Å². The molecule has 1 aromatic carbocycles. The van der Waals surface area contributed by atoms with Crippen LogP contribution in [0.4, 0.5) is 29.2 Å². The summed E-state index contributed by atoms with van der Waals surface area (Å²) >= 11 is 0. The number of alkyl halides is 3. The number of ether oxygens (including phenoxy) is 1. The van der Waals surface area contributed by atoms with Gasteiger partial charge < -0.3 is 15.0 Å². The van der Waals surface area contributed by atoms with E-state index in [9.17, 15) is 27.2 Å². The Hall–Kier alpha value is -3.96. The first-order valence-electron chi connectivity index (χ1n) is 11.8. The van der Waals surface area contributed by atoms with Crippen LogP contribution in [0.5, 0.6) is 5.75 Å². The average Bonchev–Trinajstić information content (AvgIpc) is 2.86. The molecule has 1 saturated heterocycles. The number of hydrogen-bond donors (Lipinski definition) is 1. The van der Waals surface area contributed by atoms with Gasteiger partial charge in [0, 0.05) is 58.1 Å². The van der Waals surface area contributed by atoms with Crippen LogP contribution in [-0.2, 0) is 11.2 Å². The van der Waals surface area contributed by atoms with Crippen LogP contribution in [0.3, 0.4) is 0 Å². The van der Waals surface area contributed by atoms with Crippen molar-refractivity contribution < 1.29 is 28.5 Å². The molecule has 3 heterocycles. The molecule has 0 spiro atoms. The van der Waals surface area contributed by atoms with Crippen molar-refractivity contribution in [1.82, 2.24) is 14.5 Å². The summed E-state index contributed by atoms with van der Waals surface area (Å²) in [5, 5.41) is 1.46. The third kappa shape index (κ3) is 6.43. The Morgan fingerprint density at radius 1 is 1.16 bits per heavy atom. The van der Waals surface area contributed by atoms with E-state index in [-0.39, 0.29) is 13.2 Å². The number of aryl methyl sites for hydroxylation is 1. The SMILES string of the molecule is CCCc1cnc(N2CCC(Oc3ccn(-c4ccc(NC(=O)C(F)(F)F)c(F)c4)c(=O)c3)CC2)nc1.[HH]. The molecule has 0 atom stereocenters. The summed E-state index contributed by atoms with van der Waals surface area (Å²) in [6, 6.07) is 5.86. The van der Waals surface area contributed by atoms with Crippen molar-refractivity contribution >= 4 is 17.5 Å². The minimum Gasteiger partial charge on any atom is -0.490 e. The molecule has 0 saturated carbocycles. The Kier molecular flexibility index (Phi) is 7.74. The Bertz CT molecular complexity index is 1310. The van der Waals surface area contributed by atoms with Gasteiger partial charge in [0.2, 0.25) is 5.95 Å². The lowest BCUT2D eigenvalue weighted by molar-refractivity contribution is -0.167. The van der Waals surface area contributed by atoms with Gasteiger partial charge in [0.15, 0.2) is 0 Å². The first kappa shape index (κ1) is 26.1. The molecule has 1 fully saturated rings. The molecule has 0 bridgehead atoms. The third-order valence-electron chi connectivity index (χ3n) is 5.89. The first-order chi connectivity index (χ1) is 17.6. The molecule has 0 radical (unpaired) electrons. The van der Waals surface area contributed by atoms with Crippen molar-refractivity contribution in [2.24, 2.45) is 0 Å². The summed E-state index contributed by atoms with van der Waals surface area (Å²) in [4.78, 5) is 34.6. The number of amides is 1. The number of halogens is 4. The second-order valence-electron chi connectivity index (χ2n) is 8.63. The standard InChI is InChI=1S/C25H25F4N5O3.H2/c1-2-3-16-14-30-24(31-15-16)33-9-6-18(7-10-33)37-19-8-11-34(22(35)13-19)17-4-5-21(20(26)12-17)32-23(36)25(27,28)29;/h4-5,8,11-15,18H,2-3,6-7,9-10H2,1H3,(H,32,36);1H. The van der Waals surface area contributed by atoms with E-state index in [0.717, 1.165) is 35.1 Å². The van der Waals surface area contributed by atoms with Gasteiger partial charge in [-0.05, 0) is 30.2 Å². The van der Waals surface area contributed by atoms with Crippen LogP contribution >= 0.6 is 0 Å². The van der Waals surface area contributed by atoms with Crippen LogP contribution in [0.1, 0.15) is 33.2 Å². The monoisotopic (exact) mass is 521 g/mol. The molecule has 4 rings (SSSR count). The summed E-state index contributed by atoms with van der Waals surface area (Å²) in [5.41, 5.74) is 0.0260. The number of aromatic nitrogens is 3. The normalized spacial score (nSPS) is 14.5. The number of anilines is 2. The second kappa shape index (κ2) is 11.0. The maximum Gasteiger partial charge on any atom is 0.471 e. The molecule has 1 aliphatic rings. The summed E-state index contributed by atoms with van der Waals surface area (Å²) in [6.45, 7) is 3.50. The van der Waals surface area contributed by atoms with E-state index >= 15 is 0 Å². The molecule has 0 aliphatic carbocycles. The number of nitrogens with zero attached hydrogens (tertiary/aromatic N) is 4. The number of benzene rings is 1.